The Labute approximate surface area is 178 Å². The van der Waals surface area contributed by atoms with Gasteiger partial charge in [0.2, 0.25) is 0 Å². The van der Waals surface area contributed by atoms with Gasteiger partial charge in [0.15, 0.2) is 0 Å². The van der Waals surface area contributed by atoms with E-state index in [0.717, 1.165) is 28.2 Å². The number of hydrogen-bond donors (Lipinski definition) is 0. The van der Waals surface area contributed by atoms with Gasteiger partial charge in [-0.15, -0.1) is 23.7 Å². The number of rotatable bonds is 10. The number of hydrogen-bond acceptors (Lipinski definition) is 5. The summed E-state index contributed by atoms with van der Waals surface area (Å²) >= 11 is 1.71. The van der Waals surface area contributed by atoms with Crippen molar-refractivity contribution in [2.24, 2.45) is 5.41 Å². The predicted molar refractivity (Wildman–Crippen MR) is 117 cm³/mol. The van der Waals surface area contributed by atoms with Gasteiger partial charge in [0, 0.05) is 22.1 Å². The summed E-state index contributed by atoms with van der Waals surface area (Å²) in [4.78, 5) is 14.7. The van der Waals surface area contributed by atoms with Gasteiger partial charge >= 0.3 is 5.97 Å². The van der Waals surface area contributed by atoms with Crippen LogP contribution in [0.5, 0.6) is 5.75 Å². The molecular weight excluding hydrogens is 384 g/mol. The molecule has 2 rings (SSSR count). The number of benzene rings is 1. The van der Waals surface area contributed by atoms with Gasteiger partial charge in [-0.25, -0.2) is 0 Å². The smallest absolute Gasteiger partial charge is 0.311 e. The van der Waals surface area contributed by atoms with Gasteiger partial charge < -0.3 is 14.2 Å². The molecule has 5 heteroatoms. The van der Waals surface area contributed by atoms with E-state index in [-0.39, 0.29) is 11.9 Å². The van der Waals surface area contributed by atoms with E-state index >= 15 is 0 Å². The van der Waals surface area contributed by atoms with Crippen LogP contribution in [0.1, 0.15) is 53.5 Å². The first kappa shape index (κ1) is 23.0. The molecule has 1 atom stereocenters. The van der Waals surface area contributed by atoms with E-state index in [1.807, 2.05) is 38.1 Å². The SMILES string of the molecule is C#CCCC(c1cc(COCc2ccc(OC)cc2)c(C)s1)C(C)(C)C(=O)OC. The summed E-state index contributed by atoms with van der Waals surface area (Å²) in [5.41, 5.74) is 1.59. The lowest BCUT2D eigenvalue weighted by atomic mass is 9.75. The monoisotopic (exact) mass is 414 g/mol. The van der Waals surface area contributed by atoms with E-state index in [9.17, 15) is 4.79 Å². The first-order chi connectivity index (χ1) is 13.8. The van der Waals surface area contributed by atoms with E-state index in [1.54, 1.807) is 18.4 Å². The van der Waals surface area contributed by atoms with Crippen molar-refractivity contribution in [2.45, 2.75) is 52.7 Å². The molecule has 1 heterocycles. The third-order valence-corrected chi connectivity index (χ3v) is 6.43. The molecule has 0 aliphatic carbocycles. The minimum absolute atomic E-state index is 0.00466. The molecule has 0 fully saturated rings. The molecule has 1 aromatic carbocycles. The molecule has 0 spiro atoms. The average Bonchev–Trinajstić information content (AvgIpc) is 3.08. The van der Waals surface area contributed by atoms with Gasteiger partial charge in [0.25, 0.3) is 0 Å². The van der Waals surface area contributed by atoms with Crippen molar-refractivity contribution in [3.8, 4) is 18.1 Å². The number of thiophene rings is 1. The zero-order chi connectivity index (χ0) is 21.4. The Morgan fingerprint density at radius 3 is 2.48 bits per heavy atom. The quantitative estimate of drug-likeness (QED) is 0.382. The molecule has 0 radical (unpaired) electrons. The van der Waals surface area contributed by atoms with Crippen LogP contribution in [0.4, 0.5) is 0 Å². The van der Waals surface area contributed by atoms with Crippen LogP contribution in [-0.2, 0) is 27.5 Å². The van der Waals surface area contributed by atoms with E-state index < -0.39 is 5.41 Å². The van der Waals surface area contributed by atoms with Crippen molar-refractivity contribution < 1.29 is 19.0 Å². The second-order valence-corrected chi connectivity index (χ2v) is 8.87. The van der Waals surface area contributed by atoms with E-state index in [1.165, 1.54) is 12.0 Å². The zero-order valence-corrected chi connectivity index (χ0v) is 18.7. The molecule has 29 heavy (non-hydrogen) atoms. The molecule has 0 amide bonds. The molecular formula is C24H30O4S. The van der Waals surface area contributed by atoms with Crippen LogP contribution >= 0.6 is 11.3 Å². The third kappa shape index (κ3) is 5.85. The summed E-state index contributed by atoms with van der Waals surface area (Å²) in [6, 6.07) is 10.0. The summed E-state index contributed by atoms with van der Waals surface area (Å²) in [7, 11) is 3.08. The normalized spacial score (nSPS) is 12.3. The third-order valence-electron chi connectivity index (χ3n) is 5.23. The van der Waals surface area contributed by atoms with Crippen molar-refractivity contribution in [3.63, 3.8) is 0 Å². The van der Waals surface area contributed by atoms with Crippen LogP contribution in [0.15, 0.2) is 30.3 Å². The molecule has 0 saturated heterocycles. The second-order valence-electron chi connectivity index (χ2n) is 7.58. The fraction of sp³-hybridized carbons (Fsp3) is 0.458. The summed E-state index contributed by atoms with van der Waals surface area (Å²) < 4.78 is 16.2. The van der Waals surface area contributed by atoms with Gasteiger partial charge in [-0.1, -0.05) is 12.1 Å². The highest BCUT2D eigenvalue weighted by atomic mass is 32.1. The van der Waals surface area contributed by atoms with E-state index in [4.69, 9.17) is 20.6 Å². The molecule has 0 N–H and O–H groups in total. The Hall–Kier alpha value is -2.29. The standard InChI is InChI=1S/C24H30O4S/c1-7-8-9-21(24(3,4)23(25)27-6)22-14-19(17(2)29-22)16-28-15-18-10-12-20(26-5)13-11-18/h1,10-14,21H,8-9,15-16H2,2-6H3. The molecule has 0 aliphatic heterocycles. The number of carbonyl (C=O) groups is 1. The minimum Gasteiger partial charge on any atom is -0.497 e. The fourth-order valence-electron chi connectivity index (χ4n) is 3.35. The Morgan fingerprint density at radius 2 is 1.90 bits per heavy atom. The number of esters is 1. The van der Waals surface area contributed by atoms with Crippen LogP contribution in [0.2, 0.25) is 0 Å². The predicted octanol–water partition coefficient (Wildman–Crippen LogP) is 5.48. The number of ether oxygens (including phenoxy) is 3. The van der Waals surface area contributed by atoms with Crippen LogP contribution in [-0.4, -0.2) is 20.2 Å². The maximum absolute atomic E-state index is 12.4. The number of methoxy groups -OCH3 is 2. The van der Waals surface area contributed by atoms with Crippen LogP contribution in [0.25, 0.3) is 0 Å². The van der Waals surface area contributed by atoms with Crippen LogP contribution in [0, 0.1) is 24.7 Å². The van der Waals surface area contributed by atoms with Crippen LogP contribution in [0.3, 0.4) is 0 Å². The molecule has 1 aromatic heterocycles. The first-order valence-electron chi connectivity index (χ1n) is 9.65. The maximum Gasteiger partial charge on any atom is 0.311 e. The lowest BCUT2D eigenvalue weighted by molar-refractivity contribution is -0.152. The summed E-state index contributed by atoms with van der Waals surface area (Å²) in [5, 5.41) is 0. The Kier molecular flexibility index (Phi) is 8.31. The van der Waals surface area contributed by atoms with Crippen molar-refractivity contribution in [3.05, 3.63) is 51.2 Å². The highest BCUT2D eigenvalue weighted by molar-refractivity contribution is 7.12. The highest BCUT2D eigenvalue weighted by Gasteiger charge is 2.39. The van der Waals surface area contributed by atoms with Crippen molar-refractivity contribution in [1.29, 1.82) is 0 Å². The lowest BCUT2D eigenvalue weighted by Gasteiger charge is -2.30. The number of aryl methyl sites for hydroxylation is 1. The zero-order valence-electron chi connectivity index (χ0n) is 17.9. The maximum atomic E-state index is 12.4. The highest BCUT2D eigenvalue weighted by Crippen LogP contribution is 2.43. The average molecular weight is 415 g/mol. The minimum atomic E-state index is -0.649. The Morgan fingerprint density at radius 1 is 1.21 bits per heavy atom. The van der Waals surface area contributed by atoms with Crippen molar-refractivity contribution in [1.82, 2.24) is 0 Å². The second kappa shape index (κ2) is 10.5. The van der Waals surface area contributed by atoms with E-state index in [0.29, 0.717) is 19.6 Å². The van der Waals surface area contributed by atoms with Gasteiger partial charge in [-0.3, -0.25) is 4.79 Å². The molecule has 2 aromatic rings. The number of terminal acetylenes is 1. The first-order valence-corrected chi connectivity index (χ1v) is 10.5. The number of carbonyl (C=O) groups excluding carboxylic acids is 1. The molecule has 0 bridgehead atoms. The summed E-state index contributed by atoms with van der Waals surface area (Å²) in [6.45, 7) is 6.99. The summed E-state index contributed by atoms with van der Waals surface area (Å²) in [6.07, 6.45) is 6.85. The lowest BCUT2D eigenvalue weighted by Crippen LogP contribution is -2.32. The van der Waals surface area contributed by atoms with Gasteiger partial charge in [0.05, 0.1) is 32.8 Å². The fourth-order valence-corrected chi connectivity index (χ4v) is 4.71. The topological polar surface area (TPSA) is 44.8 Å². The van der Waals surface area contributed by atoms with Gasteiger partial charge in [-0.05, 0) is 56.5 Å². The van der Waals surface area contributed by atoms with Gasteiger partial charge in [-0.2, -0.15) is 0 Å². The molecule has 0 aliphatic rings. The van der Waals surface area contributed by atoms with E-state index in [2.05, 4.69) is 18.9 Å². The molecule has 1 unspecified atom stereocenters. The Balaban J connectivity index is 2.10. The summed E-state index contributed by atoms with van der Waals surface area (Å²) in [5.74, 6) is 3.31. The molecule has 156 valence electrons. The van der Waals surface area contributed by atoms with Gasteiger partial charge in [0.1, 0.15) is 5.75 Å². The molecule has 0 saturated carbocycles. The largest absolute Gasteiger partial charge is 0.497 e. The van der Waals surface area contributed by atoms with Crippen molar-refractivity contribution in [2.75, 3.05) is 14.2 Å². The van der Waals surface area contributed by atoms with Crippen molar-refractivity contribution >= 4 is 17.3 Å². The molecule has 4 nitrogen and oxygen atoms in total. The van der Waals surface area contributed by atoms with Crippen LogP contribution < -0.4 is 4.74 Å². The Bertz CT molecular complexity index is 843.